The molecule has 0 aromatic carbocycles. The van der Waals surface area contributed by atoms with Gasteiger partial charge in [-0.1, -0.05) is 27.7 Å². The first-order valence-corrected chi connectivity index (χ1v) is 6.89. The predicted octanol–water partition coefficient (Wildman–Crippen LogP) is 3.80. The number of nitrogens with zero attached hydrogens (tertiary/aromatic N) is 1. The fourth-order valence-electron chi connectivity index (χ4n) is 2.33. The van der Waals surface area contributed by atoms with Gasteiger partial charge in [0.15, 0.2) is 0 Å². The number of allylic oxidation sites excluding steroid dienone is 2. The Morgan fingerprint density at radius 3 is 2.41 bits per heavy atom. The minimum atomic E-state index is 0.0346. The van der Waals surface area contributed by atoms with Gasteiger partial charge in [0.1, 0.15) is 5.88 Å². The number of alkyl halides is 1. The molecule has 0 aromatic heterocycles. The highest BCUT2D eigenvalue weighted by Crippen LogP contribution is 2.43. The van der Waals surface area contributed by atoms with Gasteiger partial charge in [0, 0.05) is 12.2 Å². The van der Waals surface area contributed by atoms with Crippen molar-refractivity contribution in [2.45, 2.75) is 47.5 Å². The highest BCUT2D eigenvalue weighted by atomic mass is 35.5. The Bertz CT molecular complexity index is 331. The van der Waals surface area contributed by atoms with E-state index in [-0.39, 0.29) is 17.2 Å². The van der Waals surface area contributed by atoms with E-state index in [1.807, 2.05) is 4.90 Å². The predicted molar refractivity (Wildman–Crippen MR) is 73.0 cm³/mol. The van der Waals surface area contributed by atoms with Crippen LogP contribution >= 0.6 is 11.6 Å². The summed E-state index contributed by atoms with van der Waals surface area (Å²) in [5.41, 5.74) is 2.77. The summed E-state index contributed by atoms with van der Waals surface area (Å²) < 4.78 is 0. The number of rotatable bonds is 4. The smallest absolute Gasteiger partial charge is 0.241 e. The van der Waals surface area contributed by atoms with Crippen molar-refractivity contribution >= 4 is 17.5 Å². The summed E-state index contributed by atoms with van der Waals surface area (Å²) in [6.07, 6.45) is 2.12. The average Bonchev–Trinajstić information content (AvgIpc) is 2.50. The van der Waals surface area contributed by atoms with Crippen LogP contribution in [0.15, 0.2) is 11.3 Å². The molecule has 0 heterocycles. The van der Waals surface area contributed by atoms with Crippen LogP contribution in [0.3, 0.4) is 0 Å². The Kier molecular flexibility index (Phi) is 4.65. The second-order valence-electron chi connectivity index (χ2n) is 5.99. The Morgan fingerprint density at radius 2 is 2.06 bits per heavy atom. The lowest BCUT2D eigenvalue weighted by atomic mass is 9.87. The normalized spacial score (nSPS) is 19.0. The highest BCUT2D eigenvalue weighted by Gasteiger charge is 2.33. The summed E-state index contributed by atoms with van der Waals surface area (Å²) in [6.45, 7) is 11.7. The summed E-state index contributed by atoms with van der Waals surface area (Å²) in [6, 6.07) is 0. The van der Waals surface area contributed by atoms with E-state index in [9.17, 15) is 4.79 Å². The van der Waals surface area contributed by atoms with Crippen LogP contribution in [0.4, 0.5) is 0 Å². The van der Waals surface area contributed by atoms with Gasteiger partial charge in [0.05, 0.1) is 0 Å². The molecule has 3 heteroatoms. The largest absolute Gasteiger partial charge is 0.315 e. The van der Waals surface area contributed by atoms with Crippen LogP contribution in [0.1, 0.15) is 47.5 Å². The second kappa shape index (κ2) is 5.43. The van der Waals surface area contributed by atoms with Crippen LogP contribution in [0, 0.1) is 11.3 Å². The quantitative estimate of drug-likeness (QED) is 0.702. The first-order chi connectivity index (χ1) is 7.79. The number of hydrogen-bond donors (Lipinski definition) is 0. The zero-order valence-corrected chi connectivity index (χ0v) is 12.4. The van der Waals surface area contributed by atoms with Gasteiger partial charge in [-0.25, -0.2) is 0 Å². The molecule has 98 valence electrons. The van der Waals surface area contributed by atoms with E-state index in [2.05, 4.69) is 34.6 Å². The maximum atomic E-state index is 12.0. The summed E-state index contributed by atoms with van der Waals surface area (Å²) in [7, 11) is 0. The molecule has 0 saturated heterocycles. The van der Waals surface area contributed by atoms with Gasteiger partial charge in [-0.15, -0.1) is 11.6 Å². The Labute approximate surface area is 110 Å². The van der Waals surface area contributed by atoms with Crippen molar-refractivity contribution in [3.05, 3.63) is 11.3 Å². The minimum Gasteiger partial charge on any atom is -0.315 e. The average molecular weight is 258 g/mol. The fourth-order valence-corrected chi connectivity index (χ4v) is 2.48. The third-order valence-corrected chi connectivity index (χ3v) is 3.95. The number of hydrogen-bond acceptors (Lipinski definition) is 1. The summed E-state index contributed by atoms with van der Waals surface area (Å²) in [4.78, 5) is 13.9. The van der Waals surface area contributed by atoms with E-state index >= 15 is 0 Å². The van der Waals surface area contributed by atoms with Crippen molar-refractivity contribution in [2.24, 2.45) is 11.3 Å². The van der Waals surface area contributed by atoms with Gasteiger partial charge in [-0.2, -0.15) is 0 Å². The Balaban J connectivity index is 2.99. The zero-order valence-electron chi connectivity index (χ0n) is 11.6. The van der Waals surface area contributed by atoms with Gasteiger partial charge in [0.2, 0.25) is 5.91 Å². The van der Waals surface area contributed by atoms with Crippen LogP contribution < -0.4 is 0 Å². The highest BCUT2D eigenvalue weighted by molar-refractivity contribution is 6.27. The lowest BCUT2D eigenvalue weighted by molar-refractivity contribution is -0.127. The summed E-state index contributed by atoms with van der Waals surface area (Å²) >= 11 is 5.71. The fraction of sp³-hybridized carbons (Fsp3) is 0.786. The minimum absolute atomic E-state index is 0.0346. The van der Waals surface area contributed by atoms with Crippen molar-refractivity contribution in [1.82, 2.24) is 4.90 Å². The first kappa shape index (κ1) is 14.6. The molecule has 1 rings (SSSR count). The molecule has 1 aliphatic carbocycles. The molecule has 0 spiro atoms. The molecule has 0 bridgehead atoms. The molecular formula is C14H24ClNO. The second-order valence-corrected chi connectivity index (χ2v) is 6.25. The number of carbonyl (C=O) groups is 1. The molecule has 0 atom stereocenters. The number of carbonyl (C=O) groups excluding carboxylic acids is 1. The molecule has 0 unspecified atom stereocenters. The van der Waals surface area contributed by atoms with Crippen molar-refractivity contribution < 1.29 is 4.79 Å². The van der Waals surface area contributed by atoms with Gasteiger partial charge in [-0.3, -0.25) is 4.79 Å². The molecule has 0 aliphatic heterocycles. The van der Waals surface area contributed by atoms with Crippen LogP contribution in [-0.2, 0) is 4.79 Å². The van der Waals surface area contributed by atoms with E-state index in [0.29, 0.717) is 5.92 Å². The lowest BCUT2D eigenvalue weighted by Gasteiger charge is -2.27. The number of halogens is 1. The van der Waals surface area contributed by atoms with Crippen LogP contribution in [0.5, 0.6) is 0 Å². The number of amides is 1. The van der Waals surface area contributed by atoms with Crippen LogP contribution in [-0.4, -0.2) is 23.2 Å². The third kappa shape index (κ3) is 3.25. The Morgan fingerprint density at radius 1 is 1.47 bits per heavy atom. The topological polar surface area (TPSA) is 20.3 Å². The molecule has 17 heavy (non-hydrogen) atoms. The standard InChI is InChI=1S/C14H24ClNO/c1-10(2)9-16(13(17)8-15)12-6-7-14(4,5)11(12)3/h10H,6-9H2,1-5H3. The van der Waals surface area contributed by atoms with Gasteiger partial charge >= 0.3 is 0 Å². The maximum Gasteiger partial charge on any atom is 0.241 e. The molecule has 0 radical (unpaired) electrons. The van der Waals surface area contributed by atoms with E-state index < -0.39 is 0 Å². The monoisotopic (exact) mass is 257 g/mol. The van der Waals surface area contributed by atoms with Crippen molar-refractivity contribution in [3.63, 3.8) is 0 Å². The zero-order chi connectivity index (χ0) is 13.2. The van der Waals surface area contributed by atoms with Crippen molar-refractivity contribution in [2.75, 3.05) is 12.4 Å². The van der Waals surface area contributed by atoms with Crippen LogP contribution in [0.25, 0.3) is 0 Å². The molecule has 2 nitrogen and oxygen atoms in total. The molecule has 0 fully saturated rings. The SMILES string of the molecule is CC1=C(N(CC(C)C)C(=O)CCl)CCC1(C)C. The molecule has 1 amide bonds. The maximum absolute atomic E-state index is 12.0. The van der Waals surface area contributed by atoms with E-state index in [0.717, 1.165) is 19.4 Å². The molecule has 1 aliphatic rings. The summed E-state index contributed by atoms with van der Waals surface area (Å²) in [5, 5.41) is 0. The van der Waals surface area contributed by atoms with Crippen LogP contribution in [0.2, 0.25) is 0 Å². The van der Waals surface area contributed by atoms with Gasteiger partial charge in [-0.05, 0) is 36.7 Å². The molecule has 0 saturated carbocycles. The first-order valence-electron chi connectivity index (χ1n) is 6.36. The molecule has 0 N–H and O–H groups in total. The van der Waals surface area contributed by atoms with E-state index in [1.165, 1.54) is 11.3 Å². The van der Waals surface area contributed by atoms with Gasteiger partial charge in [0.25, 0.3) is 0 Å². The van der Waals surface area contributed by atoms with Gasteiger partial charge < -0.3 is 4.90 Å². The van der Waals surface area contributed by atoms with Crippen molar-refractivity contribution in [1.29, 1.82) is 0 Å². The third-order valence-electron chi connectivity index (χ3n) is 3.72. The molecule has 0 aromatic rings. The summed E-state index contributed by atoms with van der Waals surface area (Å²) in [5.74, 6) is 0.572. The Hall–Kier alpha value is -0.500. The van der Waals surface area contributed by atoms with E-state index in [1.54, 1.807) is 0 Å². The van der Waals surface area contributed by atoms with Crippen molar-refractivity contribution in [3.8, 4) is 0 Å². The van der Waals surface area contributed by atoms with E-state index in [4.69, 9.17) is 11.6 Å². The molecular weight excluding hydrogens is 234 g/mol. The lowest BCUT2D eigenvalue weighted by Crippen LogP contribution is -2.34.